The van der Waals surface area contributed by atoms with Crippen molar-refractivity contribution >= 4 is 58.0 Å². The number of carbonyl (C=O) groups excluding carboxylic acids is 1. The molecule has 2 aromatic rings. The van der Waals surface area contributed by atoms with Gasteiger partial charge in [0.25, 0.3) is 5.91 Å². The Balaban J connectivity index is 2.32. The third-order valence-corrected chi connectivity index (χ3v) is 3.26. The van der Waals surface area contributed by atoms with Crippen LogP contribution in [0.15, 0.2) is 18.2 Å². The zero-order chi connectivity index (χ0) is 14.9. The molecule has 104 valence electrons. The van der Waals surface area contributed by atoms with Gasteiger partial charge in [-0.1, -0.05) is 46.4 Å². The Hall–Kier alpha value is -1.07. The minimum Gasteiger partial charge on any atom is -0.319 e. The first kappa shape index (κ1) is 15.3. The molecule has 0 aliphatic heterocycles. The fourth-order valence-corrected chi connectivity index (χ4v) is 2.57. The number of aromatic nitrogens is 2. The quantitative estimate of drug-likeness (QED) is 0.802. The van der Waals surface area contributed by atoms with Gasteiger partial charge in [0, 0.05) is 5.56 Å². The van der Waals surface area contributed by atoms with Gasteiger partial charge in [-0.15, -0.1) is 0 Å². The van der Waals surface area contributed by atoms with Crippen LogP contribution >= 0.6 is 46.4 Å². The monoisotopic (exact) mass is 349 g/mol. The van der Waals surface area contributed by atoms with Gasteiger partial charge in [0.1, 0.15) is 15.5 Å². The topological polar surface area (TPSA) is 54.9 Å². The summed E-state index contributed by atoms with van der Waals surface area (Å²) in [4.78, 5) is 19.8. The lowest BCUT2D eigenvalue weighted by Gasteiger charge is -2.10. The standard InChI is InChI=1S/C12H7Cl4N3O/c1-5-2-7(13)18-11(16)10(5)19-12(20)6-3-8(14)17-9(15)4-6/h2-4H,1H3,(H,19,20). The van der Waals surface area contributed by atoms with Crippen LogP contribution < -0.4 is 5.32 Å². The molecule has 0 bridgehead atoms. The molecule has 20 heavy (non-hydrogen) atoms. The summed E-state index contributed by atoms with van der Waals surface area (Å²) in [5.41, 5.74) is 1.33. The minimum absolute atomic E-state index is 0.106. The first-order valence-electron chi connectivity index (χ1n) is 5.34. The number of anilines is 1. The van der Waals surface area contributed by atoms with Crippen LogP contribution in [-0.4, -0.2) is 15.9 Å². The van der Waals surface area contributed by atoms with Crippen molar-refractivity contribution in [3.63, 3.8) is 0 Å². The number of carbonyl (C=O) groups is 1. The SMILES string of the molecule is Cc1cc(Cl)nc(Cl)c1NC(=O)c1cc(Cl)nc(Cl)c1. The lowest BCUT2D eigenvalue weighted by atomic mass is 10.2. The van der Waals surface area contributed by atoms with Crippen molar-refractivity contribution < 1.29 is 4.79 Å². The first-order chi connectivity index (χ1) is 9.36. The number of hydrogen-bond acceptors (Lipinski definition) is 3. The van der Waals surface area contributed by atoms with Gasteiger partial charge in [-0.05, 0) is 30.7 Å². The largest absolute Gasteiger partial charge is 0.319 e. The van der Waals surface area contributed by atoms with Crippen molar-refractivity contribution in [2.45, 2.75) is 6.92 Å². The molecule has 4 nitrogen and oxygen atoms in total. The molecule has 2 rings (SSSR count). The summed E-state index contributed by atoms with van der Waals surface area (Å²) in [6, 6.07) is 4.39. The highest BCUT2D eigenvalue weighted by atomic mass is 35.5. The van der Waals surface area contributed by atoms with Crippen molar-refractivity contribution in [2.75, 3.05) is 5.32 Å². The third kappa shape index (κ3) is 3.52. The van der Waals surface area contributed by atoms with E-state index in [1.54, 1.807) is 13.0 Å². The molecule has 0 fully saturated rings. The number of hydrogen-bond donors (Lipinski definition) is 1. The summed E-state index contributed by atoms with van der Waals surface area (Å²) in [7, 11) is 0. The van der Waals surface area contributed by atoms with Gasteiger partial charge in [-0.3, -0.25) is 4.79 Å². The Bertz CT molecular complexity index is 647. The van der Waals surface area contributed by atoms with E-state index in [-0.39, 0.29) is 26.2 Å². The summed E-state index contributed by atoms with van der Waals surface area (Å²) in [6.07, 6.45) is 0. The van der Waals surface area contributed by atoms with Crippen molar-refractivity contribution in [1.29, 1.82) is 0 Å². The van der Waals surface area contributed by atoms with Crippen LogP contribution in [0.3, 0.4) is 0 Å². The maximum Gasteiger partial charge on any atom is 0.255 e. The number of pyridine rings is 2. The molecule has 1 amide bonds. The summed E-state index contributed by atoms with van der Waals surface area (Å²) < 4.78 is 0. The molecule has 0 spiro atoms. The second kappa shape index (κ2) is 6.14. The van der Waals surface area contributed by atoms with Crippen LogP contribution in [0.4, 0.5) is 5.69 Å². The summed E-state index contributed by atoms with van der Waals surface area (Å²) in [5, 5.41) is 3.25. The van der Waals surface area contributed by atoms with Crippen molar-refractivity contribution in [2.24, 2.45) is 0 Å². The normalized spacial score (nSPS) is 10.4. The number of halogens is 4. The number of amides is 1. The Labute approximate surface area is 135 Å². The highest BCUT2D eigenvalue weighted by Gasteiger charge is 2.14. The van der Waals surface area contributed by atoms with Crippen LogP contribution in [0.2, 0.25) is 20.6 Å². The van der Waals surface area contributed by atoms with Crippen LogP contribution in [0, 0.1) is 6.92 Å². The van der Waals surface area contributed by atoms with E-state index in [0.717, 1.165) is 0 Å². The van der Waals surface area contributed by atoms with E-state index in [4.69, 9.17) is 46.4 Å². The van der Waals surface area contributed by atoms with Crippen LogP contribution in [0.25, 0.3) is 0 Å². The Morgan fingerprint density at radius 3 is 2.10 bits per heavy atom. The Kier molecular flexibility index (Phi) is 4.70. The predicted molar refractivity (Wildman–Crippen MR) is 81.2 cm³/mol. The molecular weight excluding hydrogens is 344 g/mol. The smallest absolute Gasteiger partial charge is 0.255 e. The number of nitrogens with one attached hydrogen (secondary N) is 1. The maximum atomic E-state index is 12.1. The molecule has 8 heteroatoms. The number of aryl methyl sites for hydroxylation is 1. The van der Waals surface area contributed by atoms with E-state index in [1.165, 1.54) is 12.1 Å². The van der Waals surface area contributed by atoms with Gasteiger partial charge in [-0.25, -0.2) is 9.97 Å². The number of nitrogens with zero attached hydrogens (tertiary/aromatic N) is 2. The second-order valence-corrected chi connectivity index (χ2v) is 5.40. The lowest BCUT2D eigenvalue weighted by molar-refractivity contribution is 0.102. The fourth-order valence-electron chi connectivity index (χ4n) is 1.53. The Morgan fingerprint density at radius 2 is 1.55 bits per heavy atom. The van der Waals surface area contributed by atoms with Gasteiger partial charge in [0.05, 0.1) is 5.69 Å². The van der Waals surface area contributed by atoms with E-state index in [9.17, 15) is 4.79 Å². The molecule has 0 saturated carbocycles. The van der Waals surface area contributed by atoms with E-state index in [1.807, 2.05) is 0 Å². The molecule has 2 heterocycles. The predicted octanol–water partition coefficient (Wildman–Crippen LogP) is 4.65. The van der Waals surface area contributed by atoms with E-state index in [2.05, 4.69) is 15.3 Å². The van der Waals surface area contributed by atoms with Crippen LogP contribution in [0.5, 0.6) is 0 Å². The molecule has 0 radical (unpaired) electrons. The average molecular weight is 351 g/mol. The molecule has 2 aromatic heterocycles. The van der Waals surface area contributed by atoms with Crippen LogP contribution in [-0.2, 0) is 0 Å². The highest BCUT2D eigenvalue weighted by molar-refractivity contribution is 6.35. The summed E-state index contributed by atoms with van der Waals surface area (Å²) in [5.74, 6) is -0.426. The first-order valence-corrected chi connectivity index (χ1v) is 6.85. The second-order valence-electron chi connectivity index (χ2n) is 3.88. The molecule has 0 unspecified atom stereocenters. The van der Waals surface area contributed by atoms with Crippen molar-refractivity contribution in [3.8, 4) is 0 Å². The minimum atomic E-state index is -0.426. The van der Waals surface area contributed by atoms with Gasteiger partial charge in [0.2, 0.25) is 0 Å². The summed E-state index contributed by atoms with van der Waals surface area (Å²) >= 11 is 23.2. The molecule has 0 aliphatic rings. The van der Waals surface area contributed by atoms with Gasteiger partial charge in [-0.2, -0.15) is 0 Å². The highest BCUT2D eigenvalue weighted by Crippen LogP contribution is 2.27. The molecule has 1 N–H and O–H groups in total. The van der Waals surface area contributed by atoms with E-state index < -0.39 is 5.91 Å². The lowest BCUT2D eigenvalue weighted by Crippen LogP contribution is -2.14. The molecule has 0 atom stereocenters. The number of rotatable bonds is 2. The van der Waals surface area contributed by atoms with Gasteiger partial charge in [0.15, 0.2) is 5.15 Å². The van der Waals surface area contributed by atoms with Gasteiger partial charge < -0.3 is 5.32 Å². The molecule has 0 saturated heterocycles. The van der Waals surface area contributed by atoms with Crippen molar-refractivity contribution in [3.05, 3.63) is 49.9 Å². The molecular formula is C12H7Cl4N3O. The fraction of sp³-hybridized carbons (Fsp3) is 0.0833. The zero-order valence-electron chi connectivity index (χ0n) is 10.0. The maximum absolute atomic E-state index is 12.1. The Morgan fingerprint density at radius 1 is 1.00 bits per heavy atom. The summed E-state index contributed by atoms with van der Waals surface area (Å²) in [6.45, 7) is 1.75. The van der Waals surface area contributed by atoms with E-state index >= 15 is 0 Å². The average Bonchev–Trinajstić information content (AvgIpc) is 2.32. The molecule has 0 aromatic carbocycles. The molecule has 0 aliphatic carbocycles. The third-order valence-electron chi connectivity index (χ3n) is 2.40. The van der Waals surface area contributed by atoms with Crippen LogP contribution in [0.1, 0.15) is 15.9 Å². The van der Waals surface area contributed by atoms with Crippen molar-refractivity contribution in [1.82, 2.24) is 9.97 Å². The van der Waals surface area contributed by atoms with Gasteiger partial charge >= 0.3 is 0 Å². The zero-order valence-corrected chi connectivity index (χ0v) is 13.1. The van der Waals surface area contributed by atoms with E-state index in [0.29, 0.717) is 11.3 Å².